The number of rotatable bonds is 10. The summed E-state index contributed by atoms with van der Waals surface area (Å²) in [6.45, 7) is 2.35. The van der Waals surface area contributed by atoms with Crippen LogP contribution in [0.1, 0.15) is 62.1 Å². The molecule has 4 aromatic rings. The highest BCUT2D eigenvalue weighted by molar-refractivity contribution is 7.99. The van der Waals surface area contributed by atoms with Gasteiger partial charge in [-0.05, 0) is 87.2 Å². The molecule has 0 radical (unpaired) electrons. The molecule has 0 saturated heterocycles. The maximum absolute atomic E-state index is 14.6. The Kier molecular flexibility index (Phi) is 13.8. The van der Waals surface area contributed by atoms with Gasteiger partial charge in [0.2, 0.25) is 11.8 Å². The highest BCUT2D eigenvalue weighted by Gasteiger charge is 2.37. The molecule has 5 rings (SSSR count). The smallest absolute Gasteiger partial charge is 0.373 e. The van der Waals surface area contributed by atoms with Gasteiger partial charge in [-0.1, -0.05) is 48.0 Å². The van der Waals surface area contributed by atoms with Gasteiger partial charge in [-0.2, -0.15) is 13.2 Å². The number of benzene rings is 2. The van der Waals surface area contributed by atoms with E-state index in [0.717, 1.165) is 40.4 Å². The fourth-order valence-electron chi connectivity index (χ4n) is 6.71. The average molecular weight is 772 g/mol. The number of Topliss-reactive ketones (excluding diaryl/α,β-unsaturated/α-hetero) is 1. The van der Waals surface area contributed by atoms with Gasteiger partial charge >= 0.3 is 6.18 Å². The molecule has 0 unspecified atom stereocenters. The quantitative estimate of drug-likeness (QED) is 0.112. The minimum Gasteiger partial charge on any atom is -0.373 e. The number of aromatic nitrogens is 2. The minimum absolute atomic E-state index is 0.0822. The maximum atomic E-state index is 14.6. The van der Waals surface area contributed by atoms with E-state index in [1.165, 1.54) is 11.1 Å². The number of alkyl halides is 3. The van der Waals surface area contributed by atoms with E-state index in [0.29, 0.717) is 55.9 Å². The lowest BCUT2D eigenvalue weighted by Crippen LogP contribution is -2.52. The summed E-state index contributed by atoms with van der Waals surface area (Å²) >= 11 is 7.61. The summed E-state index contributed by atoms with van der Waals surface area (Å²) in [4.78, 5) is 52.6. The first kappa shape index (κ1) is 40.1. The highest BCUT2D eigenvalue weighted by atomic mass is 35.5. The number of carbonyl (C=O) groups is 3. The van der Waals surface area contributed by atoms with Crippen LogP contribution in [-0.4, -0.2) is 64.2 Å². The van der Waals surface area contributed by atoms with Crippen molar-refractivity contribution in [1.29, 1.82) is 0 Å². The normalized spacial score (nSPS) is 19.1. The molecule has 2 amide bonds. The third-order valence-corrected chi connectivity index (χ3v) is 11.1. The SMILES string of the molecule is CCN1C(=O)[C@H](CCCCN)CC(=O)[C@H](CCCN)Nc2cccnc2Sc2c(Cl)cc(C(F)(F)F)cc2CNC(=O)[C@@H]1Cc1c[nH]c2ccccc12. The third-order valence-electron chi connectivity index (χ3n) is 9.48. The number of halogens is 4. The number of aromatic amines is 1. The second-order valence-electron chi connectivity index (χ2n) is 13.1. The molecule has 53 heavy (non-hydrogen) atoms. The fraction of sp³-hybridized carbons (Fsp3) is 0.421. The lowest BCUT2D eigenvalue weighted by molar-refractivity contribution is -0.145. The van der Waals surface area contributed by atoms with Crippen molar-refractivity contribution >= 4 is 57.6 Å². The zero-order chi connectivity index (χ0) is 38.1. The molecule has 10 nitrogen and oxygen atoms in total. The monoisotopic (exact) mass is 771 g/mol. The zero-order valence-corrected chi connectivity index (χ0v) is 31.1. The highest BCUT2D eigenvalue weighted by Crippen LogP contribution is 2.42. The number of hydrogen-bond acceptors (Lipinski definition) is 8. The Morgan fingerprint density at radius 2 is 1.79 bits per heavy atom. The van der Waals surface area contributed by atoms with Crippen LogP contribution >= 0.6 is 23.4 Å². The number of unbranched alkanes of at least 4 members (excludes halogenated alkanes) is 1. The van der Waals surface area contributed by atoms with Gasteiger partial charge in [0, 0.05) is 60.0 Å². The Balaban J connectivity index is 1.65. The van der Waals surface area contributed by atoms with E-state index in [1.807, 2.05) is 24.3 Å². The number of H-pyrrole nitrogens is 1. The Bertz CT molecular complexity index is 1910. The predicted octanol–water partition coefficient (Wildman–Crippen LogP) is 6.70. The van der Waals surface area contributed by atoms with Crippen LogP contribution in [0, 0.1) is 5.92 Å². The minimum atomic E-state index is -4.71. The van der Waals surface area contributed by atoms with Crippen LogP contribution in [0.5, 0.6) is 0 Å². The molecule has 2 aromatic heterocycles. The van der Waals surface area contributed by atoms with Gasteiger partial charge in [0.1, 0.15) is 11.1 Å². The number of para-hydroxylation sites is 1. The van der Waals surface area contributed by atoms with Crippen LogP contribution in [0.4, 0.5) is 18.9 Å². The van der Waals surface area contributed by atoms with Crippen molar-refractivity contribution in [2.75, 3.05) is 25.0 Å². The number of likely N-dealkylation sites (N-methyl/N-ethyl adjacent to an activating group) is 1. The van der Waals surface area contributed by atoms with Gasteiger partial charge in [0.05, 0.1) is 22.3 Å². The van der Waals surface area contributed by atoms with Crippen molar-refractivity contribution in [2.24, 2.45) is 17.4 Å². The van der Waals surface area contributed by atoms with Crippen molar-refractivity contribution in [3.05, 3.63) is 82.6 Å². The number of pyridine rings is 1. The number of carbonyl (C=O) groups excluding carboxylic acids is 3. The molecule has 0 spiro atoms. The molecule has 3 heterocycles. The van der Waals surface area contributed by atoms with E-state index < -0.39 is 35.6 Å². The van der Waals surface area contributed by atoms with Crippen molar-refractivity contribution in [3.8, 4) is 0 Å². The summed E-state index contributed by atoms with van der Waals surface area (Å²) < 4.78 is 42.2. The van der Waals surface area contributed by atoms with Crippen molar-refractivity contribution < 1.29 is 27.6 Å². The van der Waals surface area contributed by atoms with Crippen LogP contribution in [-0.2, 0) is 33.5 Å². The molecule has 1 aliphatic rings. The van der Waals surface area contributed by atoms with Crippen molar-refractivity contribution in [3.63, 3.8) is 0 Å². The molecule has 0 aliphatic carbocycles. The Labute approximate surface area is 316 Å². The van der Waals surface area contributed by atoms with Crippen LogP contribution in [0.15, 0.2) is 70.8 Å². The van der Waals surface area contributed by atoms with Gasteiger partial charge in [0.15, 0.2) is 5.78 Å². The lowest BCUT2D eigenvalue weighted by Gasteiger charge is -2.34. The number of anilines is 1. The number of hydrogen-bond donors (Lipinski definition) is 5. The van der Waals surface area contributed by atoms with Crippen LogP contribution in [0.2, 0.25) is 5.02 Å². The van der Waals surface area contributed by atoms with Gasteiger partial charge in [0.25, 0.3) is 0 Å². The molecule has 0 saturated carbocycles. The van der Waals surface area contributed by atoms with Crippen molar-refractivity contribution in [1.82, 2.24) is 20.2 Å². The zero-order valence-electron chi connectivity index (χ0n) is 29.5. The molecular weight excluding hydrogens is 727 g/mol. The second-order valence-corrected chi connectivity index (χ2v) is 14.5. The molecule has 7 N–H and O–H groups in total. The number of nitrogens with zero attached hydrogens (tertiary/aromatic N) is 2. The summed E-state index contributed by atoms with van der Waals surface area (Å²) in [5, 5.41) is 7.21. The Hall–Kier alpha value is -4.11. The summed E-state index contributed by atoms with van der Waals surface area (Å²) in [6, 6.07) is 11.0. The molecule has 3 atom stereocenters. The summed E-state index contributed by atoms with van der Waals surface area (Å²) in [5.41, 5.74) is 12.9. The van der Waals surface area contributed by atoms with Crippen LogP contribution in [0.25, 0.3) is 10.9 Å². The van der Waals surface area contributed by atoms with Crippen LogP contribution < -0.4 is 22.1 Å². The predicted molar refractivity (Wildman–Crippen MR) is 202 cm³/mol. The largest absolute Gasteiger partial charge is 0.416 e. The standard InChI is InChI=1S/C38H45ClF3N7O3S/c1-2-49-32(18-24-21-46-29-11-4-3-10-27(24)29)35(51)47-22-25-17-26(38(40,41)42)20-28(39)34(25)53-36-31(13-8-16-45-36)48-30(12-7-15-44)33(50)19-23(37(49)52)9-5-6-14-43/h3-4,8,10-11,13,16-17,20-21,23,30,32,46,48H,2,5-7,9,12,14-15,18-19,22,43-44H2,1H3,(H,47,51)/t23-,30+,32+/m1/s1. The van der Waals surface area contributed by atoms with E-state index in [1.54, 1.807) is 25.3 Å². The third kappa shape index (κ3) is 9.91. The summed E-state index contributed by atoms with van der Waals surface area (Å²) in [6.07, 6.45) is 1.15. The van der Waals surface area contributed by atoms with Crippen molar-refractivity contribution in [2.45, 2.75) is 86.6 Å². The number of fused-ring (bicyclic) bond motifs is 3. The van der Waals surface area contributed by atoms with Gasteiger partial charge in [-0.25, -0.2) is 4.98 Å². The number of nitrogens with two attached hydrogens (primary N) is 2. The summed E-state index contributed by atoms with van der Waals surface area (Å²) in [5.74, 6) is -1.88. The van der Waals surface area contributed by atoms with Gasteiger partial charge in [-0.3, -0.25) is 14.4 Å². The number of nitrogens with one attached hydrogen (secondary N) is 3. The molecule has 15 heteroatoms. The fourth-order valence-corrected chi connectivity index (χ4v) is 8.03. The average Bonchev–Trinajstić information content (AvgIpc) is 3.55. The van der Waals surface area contributed by atoms with Gasteiger partial charge in [-0.15, -0.1) is 0 Å². The molecular formula is C38H45ClF3N7O3S. The molecule has 2 aromatic carbocycles. The van der Waals surface area contributed by atoms with E-state index in [9.17, 15) is 27.6 Å². The van der Waals surface area contributed by atoms with E-state index in [4.69, 9.17) is 23.1 Å². The van der Waals surface area contributed by atoms with Gasteiger partial charge < -0.3 is 32.0 Å². The molecule has 284 valence electrons. The number of ketones is 1. The first-order chi connectivity index (χ1) is 25.4. The van der Waals surface area contributed by atoms with Crippen LogP contribution in [0.3, 0.4) is 0 Å². The Morgan fingerprint density at radius 3 is 2.53 bits per heavy atom. The molecule has 0 bridgehead atoms. The number of amides is 2. The molecule has 1 aliphatic heterocycles. The lowest BCUT2D eigenvalue weighted by atomic mass is 9.90. The molecule has 0 fully saturated rings. The maximum Gasteiger partial charge on any atom is 0.416 e. The second kappa shape index (κ2) is 18.3. The first-order valence-electron chi connectivity index (χ1n) is 17.8. The van der Waals surface area contributed by atoms with E-state index in [-0.39, 0.29) is 53.1 Å². The van der Waals surface area contributed by atoms with E-state index >= 15 is 0 Å². The summed E-state index contributed by atoms with van der Waals surface area (Å²) in [7, 11) is 0. The first-order valence-corrected chi connectivity index (χ1v) is 19.0. The Morgan fingerprint density at radius 1 is 1.02 bits per heavy atom. The topological polar surface area (TPSA) is 159 Å². The van der Waals surface area contributed by atoms with E-state index in [2.05, 4.69) is 20.6 Å².